The first-order valence-corrected chi connectivity index (χ1v) is 10.9. The van der Waals surface area contributed by atoms with Gasteiger partial charge in [0, 0.05) is 24.0 Å². The van der Waals surface area contributed by atoms with E-state index in [1.165, 1.54) is 27.3 Å². The van der Waals surface area contributed by atoms with Crippen LogP contribution in [0.5, 0.6) is 5.75 Å². The number of aromatic nitrogens is 1. The summed E-state index contributed by atoms with van der Waals surface area (Å²) in [7, 11) is 2.17. The molecule has 1 aromatic heterocycles. The fraction of sp³-hybridized carbons (Fsp3) is 0.269. The zero-order chi connectivity index (χ0) is 20.8. The molecule has 1 aliphatic heterocycles. The van der Waals surface area contributed by atoms with E-state index in [1.807, 2.05) is 26.0 Å². The zero-order valence-electron chi connectivity index (χ0n) is 17.6. The third-order valence-corrected chi connectivity index (χ3v) is 6.13. The van der Waals surface area contributed by atoms with Crippen LogP contribution in [0.1, 0.15) is 25.0 Å². The van der Waals surface area contributed by atoms with E-state index in [0.717, 1.165) is 36.3 Å². The Hall–Kier alpha value is -2.62. The quantitative estimate of drug-likeness (QED) is 0.357. The Morgan fingerprint density at radius 2 is 1.87 bits per heavy atom. The van der Waals surface area contributed by atoms with Crippen LogP contribution in [0.4, 0.5) is 0 Å². The summed E-state index contributed by atoms with van der Waals surface area (Å²) in [5.74, 6) is 0.716. The van der Waals surface area contributed by atoms with Crippen molar-refractivity contribution in [2.45, 2.75) is 32.9 Å². The Morgan fingerprint density at radius 1 is 1.03 bits per heavy atom. The summed E-state index contributed by atoms with van der Waals surface area (Å²) in [5.41, 5.74) is 5.84. The molecule has 1 aliphatic rings. The summed E-state index contributed by atoms with van der Waals surface area (Å²) >= 11 is 6.57. The molecule has 0 fully saturated rings. The van der Waals surface area contributed by atoms with Crippen LogP contribution in [0, 0.1) is 0 Å². The molecule has 152 valence electrons. The molecule has 0 unspecified atom stereocenters. The number of fused-ring (bicyclic) bond motifs is 5. The number of rotatable bonds is 3. The second kappa shape index (κ2) is 7.57. The summed E-state index contributed by atoms with van der Waals surface area (Å²) < 4.78 is 5.82. The number of ether oxygens (including phenoxy) is 1. The lowest BCUT2D eigenvalue weighted by Crippen LogP contribution is -2.27. The van der Waals surface area contributed by atoms with E-state index in [-0.39, 0.29) is 6.10 Å². The van der Waals surface area contributed by atoms with Gasteiger partial charge in [0.25, 0.3) is 0 Å². The molecular weight excluding hydrogens is 392 g/mol. The normalized spacial score (nSPS) is 14.4. The van der Waals surface area contributed by atoms with Crippen molar-refractivity contribution in [1.29, 1.82) is 0 Å². The molecule has 3 aromatic carbocycles. The average Bonchev–Trinajstić information content (AvgIpc) is 2.74. The van der Waals surface area contributed by atoms with Gasteiger partial charge in [0.1, 0.15) is 5.75 Å². The molecule has 2 heterocycles. The van der Waals surface area contributed by atoms with Gasteiger partial charge in [-0.1, -0.05) is 41.9 Å². The first-order valence-electron chi connectivity index (χ1n) is 10.5. The van der Waals surface area contributed by atoms with Gasteiger partial charge in [-0.3, -0.25) is 0 Å². The van der Waals surface area contributed by atoms with Crippen molar-refractivity contribution in [2.24, 2.45) is 0 Å². The number of halogens is 1. The van der Waals surface area contributed by atoms with Gasteiger partial charge in [0.05, 0.1) is 22.3 Å². The third kappa shape index (κ3) is 3.32. The summed E-state index contributed by atoms with van der Waals surface area (Å²) in [6, 6.07) is 19.0. The predicted molar refractivity (Wildman–Crippen MR) is 125 cm³/mol. The second-order valence-electron chi connectivity index (χ2n) is 8.40. The van der Waals surface area contributed by atoms with Crippen molar-refractivity contribution in [2.75, 3.05) is 13.6 Å². The van der Waals surface area contributed by atoms with Crippen LogP contribution in [-0.4, -0.2) is 29.6 Å². The summed E-state index contributed by atoms with van der Waals surface area (Å²) in [5, 5.41) is 4.47. The van der Waals surface area contributed by atoms with Crippen LogP contribution in [0.3, 0.4) is 0 Å². The summed E-state index contributed by atoms with van der Waals surface area (Å²) in [6.45, 7) is 5.95. The molecule has 4 heteroatoms. The first kappa shape index (κ1) is 19.3. The highest BCUT2D eigenvalue weighted by molar-refractivity contribution is 6.32. The predicted octanol–water partition coefficient (Wildman–Crippen LogP) is 6.48. The molecule has 0 bridgehead atoms. The van der Waals surface area contributed by atoms with Gasteiger partial charge in [-0.25, -0.2) is 4.98 Å². The van der Waals surface area contributed by atoms with Gasteiger partial charge in [0.15, 0.2) is 0 Å². The summed E-state index contributed by atoms with van der Waals surface area (Å²) in [4.78, 5) is 7.51. The van der Waals surface area contributed by atoms with Crippen molar-refractivity contribution >= 4 is 33.3 Å². The SMILES string of the molecule is CC(C)Oc1ccc(-c2nc3ccc4ccccc4c3c3c2CN(C)CC3)cc1Cl. The molecule has 0 radical (unpaired) electrons. The van der Waals surface area contributed by atoms with Crippen LogP contribution in [0.2, 0.25) is 5.02 Å². The van der Waals surface area contributed by atoms with Crippen LogP contribution in [0.15, 0.2) is 54.6 Å². The Kier molecular flexibility index (Phi) is 4.88. The van der Waals surface area contributed by atoms with Gasteiger partial charge in [-0.2, -0.15) is 0 Å². The number of hydrogen-bond donors (Lipinski definition) is 0. The largest absolute Gasteiger partial charge is 0.489 e. The highest BCUT2D eigenvalue weighted by Gasteiger charge is 2.23. The Morgan fingerprint density at radius 3 is 2.67 bits per heavy atom. The highest BCUT2D eigenvalue weighted by Crippen LogP contribution is 2.38. The highest BCUT2D eigenvalue weighted by atomic mass is 35.5. The van der Waals surface area contributed by atoms with Crippen molar-refractivity contribution in [1.82, 2.24) is 9.88 Å². The monoisotopic (exact) mass is 416 g/mol. The van der Waals surface area contributed by atoms with Gasteiger partial charge >= 0.3 is 0 Å². The number of pyridine rings is 1. The Balaban J connectivity index is 1.76. The molecule has 5 rings (SSSR count). The maximum atomic E-state index is 6.57. The second-order valence-corrected chi connectivity index (χ2v) is 8.81. The van der Waals surface area contributed by atoms with E-state index in [1.54, 1.807) is 0 Å². The van der Waals surface area contributed by atoms with Gasteiger partial charge in [0.2, 0.25) is 0 Å². The fourth-order valence-electron chi connectivity index (χ4n) is 4.49. The molecule has 0 saturated heterocycles. The van der Waals surface area contributed by atoms with Crippen LogP contribution < -0.4 is 4.74 Å². The number of hydrogen-bond acceptors (Lipinski definition) is 3. The average molecular weight is 417 g/mol. The number of benzene rings is 3. The lowest BCUT2D eigenvalue weighted by molar-refractivity contribution is 0.242. The summed E-state index contributed by atoms with van der Waals surface area (Å²) in [6.07, 6.45) is 1.11. The molecule has 4 aromatic rings. The van der Waals surface area contributed by atoms with Crippen LogP contribution in [-0.2, 0) is 13.0 Å². The molecule has 30 heavy (non-hydrogen) atoms. The van der Waals surface area contributed by atoms with E-state index < -0.39 is 0 Å². The van der Waals surface area contributed by atoms with Crippen molar-refractivity contribution in [3.63, 3.8) is 0 Å². The number of likely N-dealkylation sites (N-methyl/N-ethyl adjacent to an activating group) is 1. The van der Waals surface area contributed by atoms with Gasteiger partial charge in [-0.05, 0) is 73.5 Å². The third-order valence-electron chi connectivity index (χ3n) is 5.83. The Bertz CT molecular complexity index is 1270. The lowest BCUT2D eigenvalue weighted by atomic mass is 9.89. The molecule has 0 atom stereocenters. The van der Waals surface area contributed by atoms with Gasteiger partial charge in [-0.15, -0.1) is 0 Å². The molecule has 0 saturated carbocycles. The van der Waals surface area contributed by atoms with Crippen molar-refractivity contribution in [3.8, 4) is 17.0 Å². The number of nitrogens with zero attached hydrogens (tertiary/aromatic N) is 2. The van der Waals surface area contributed by atoms with Crippen LogP contribution in [0.25, 0.3) is 32.9 Å². The molecular formula is C26H25ClN2O. The molecule has 0 aliphatic carbocycles. The molecule has 0 amide bonds. The van der Waals surface area contributed by atoms with E-state index >= 15 is 0 Å². The minimum Gasteiger partial charge on any atom is -0.489 e. The lowest BCUT2D eigenvalue weighted by Gasteiger charge is -2.28. The maximum absolute atomic E-state index is 6.57. The first-order chi connectivity index (χ1) is 14.5. The molecule has 0 spiro atoms. The van der Waals surface area contributed by atoms with Gasteiger partial charge < -0.3 is 9.64 Å². The maximum Gasteiger partial charge on any atom is 0.138 e. The van der Waals surface area contributed by atoms with Crippen molar-refractivity contribution in [3.05, 3.63) is 70.7 Å². The minimum atomic E-state index is 0.0850. The molecule has 3 nitrogen and oxygen atoms in total. The standard InChI is InChI=1S/C26H25ClN2O/c1-16(2)30-24-11-9-18(14-22(24)27)26-21-15-29(3)13-12-20(21)25-19-7-5-4-6-17(19)8-10-23(25)28-26/h4-11,14,16H,12-13,15H2,1-3H3. The van der Waals surface area contributed by atoms with E-state index in [2.05, 4.69) is 54.4 Å². The van der Waals surface area contributed by atoms with Crippen molar-refractivity contribution < 1.29 is 4.74 Å². The molecule has 0 N–H and O–H groups in total. The Labute approximate surface area is 182 Å². The minimum absolute atomic E-state index is 0.0850. The fourth-order valence-corrected chi connectivity index (χ4v) is 4.71. The van der Waals surface area contributed by atoms with E-state index in [0.29, 0.717) is 10.8 Å². The topological polar surface area (TPSA) is 25.4 Å². The van der Waals surface area contributed by atoms with Crippen LogP contribution >= 0.6 is 11.6 Å². The smallest absolute Gasteiger partial charge is 0.138 e. The van der Waals surface area contributed by atoms with E-state index in [9.17, 15) is 0 Å². The van der Waals surface area contributed by atoms with E-state index in [4.69, 9.17) is 21.3 Å². The zero-order valence-corrected chi connectivity index (χ0v) is 18.3.